The van der Waals surface area contributed by atoms with Gasteiger partial charge in [-0.15, -0.1) is 0 Å². The summed E-state index contributed by atoms with van der Waals surface area (Å²) in [4.78, 5) is 12.9. The molecule has 152 valence electrons. The van der Waals surface area contributed by atoms with Gasteiger partial charge in [0.15, 0.2) is 15.9 Å². The Morgan fingerprint density at radius 2 is 1.71 bits per heavy atom. The second-order valence-electron chi connectivity index (χ2n) is 7.28. The Morgan fingerprint density at radius 3 is 2.25 bits per heavy atom. The van der Waals surface area contributed by atoms with Crippen LogP contribution >= 0.6 is 0 Å². The highest BCUT2D eigenvalue weighted by molar-refractivity contribution is 7.90. The van der Waals surface area contributed by atoms with E-state index in [1.807, 2.05) is 33.8 Å². The second-order valence-corrected chi connectivity index (χ2v) is 9.29. The van der Waals surface area contributed by atoms with Crippen LogP contribution in [-0.2, 0) is 14.6 Å². The summed E-state index contributed by atoms with van der Waals surface area (Å²) in [5, 5.41) is 3.00. The highest BCUT2D eigenvalue weighted by Crippen LogP contribution is 2.25. The molecule has 0 spiro atoms. The van der Waals surface area contributed by atoms with Crippen molar-refractivity contribution in [3.05, 3.63) is 58.7 Å². The fourth-order valence-corrected chi connectivity index (χ4v) is 3.66. The summed E-state index contributed by atoms with van der Waals surface area (Å²) in [6.07, 6.45) is 1.21. The lowest BCUT2D eigenvalue weighted by atomic mass is 10.0. The van der Waals surface area contributed by atoms with Gasteiger partial charge in [-0.25, -0.2) is 8.42 Å². The highest BCUT2D eigenvalue weighted by atomic mass is 32.2. The number of aryl methyl sites for hydroxylation is 2. The largest absolute Gasteiger partial charge is 0.481 e. The van der Waals surface area contributed by atoms with Gasteiger partial charge in [0.05, 0.1) is 10.9 Å². The van der Waals surface area contributed by atoms with E-state index < -0.39 is 15.9 Å². The molecule has 2 rings (SSSR count). The van der Waals surface area contributed by atoms with Crippen molar-refractivity contribution >= 4 is 15.7 Å². The van der Waals surface area contributed by atoms with Crippen molar-refractivity contribution in [3.63, 3.8) is 0 Å². The van der Waals surface area contributed by atoms with Gasteiger partial charge in [-0.05, 0) is 74.6 Å². The maximum absolute atomic E-state index is 12.7. The molecule has 1 amide bonds. The van der Waals surface area contributed by atoms with Gasteiger partial charge in [0.1, 0.15) is 5.75 Å². The number of nitrogens with one attached hydrogen (secondary N) is 1. The Labute approximate surface area is 168 Å². The van der Waals surface area contributed by atoms with E-state index in [0.29, 0.717) is 12.2 Å². The third-order valence-corrected chi connectivity index (χ3v) is 6.00. The van der Waals surface area contributed by atoms with Gasteiger partial charge in [-0.3, -0.25) is 4.79 Å². The van der Waals surface area contributed by atoms with Crippen LogP contribution in [0.1, 0.15) is 48.6 Å². The molecule has 0 aromatic heterocycles. The van der Waals surface area contributed by atoms with Gasteiger partial charge < -0.3 is 10.1 Å². The standard InChI is InChI=1S/C22H29NO4S/c1-7-20(18-8-10-19(11-9-18)28(6,25)26)23-22(24)17(5)27-21-13-14(2)12-15(3)16(21)4/h8-13,17,20H,7H2,1-6H3,(H,23,24). The molecule has 5 nitrogen and oxygen atoms in total. The molecule has 1 N–H and O–H groups in total. The maximum Gasteiger partial charge on any atom is 0.261 e. The fourth-order valence-electron chi connectivity index (χ4n) is 3.02. The van der Waals surface area contributed by atoms with E-state index in [-0.39, 0.29) is 16.8 Å². The minimum Gasteiger partial charge on any atom is -0.481 e. The van der Waals surface area contributed by atoms with Crippen molar-refractivity contribution in [2.45, 2.75) is 58.1 Å². The van der Waals surface area contributed by atoms with Crippen LogP contribution in [0.2, 0.25) is 0 Å². The molecular weight excluding hydrogens is 374 g/mol. The van der Waals surface area contributed by atoms with E-state index in [2.05, 4.69) is 11.4 Å². The normalized spacial score (nSPS) is 13.6. The molecule has 0 aliphatic rings. The van der Waals surface area contributed by atoms with Crippen LogP contribution < -0.4 is 10.1 Å². The van der Waals surface area contributed by atoms with Gasteiger partial charge in [-0.2, -0.15) is 0 Å². The number of carbonyl (C=O) groups excluding carboxylic acids is 1. The van der Waals surface area contributed by atoms with Crippen LogP contribution in [0.4, 0.5) is 0 Å². The van der Waals surface area contributed by atoms with E-state index in [1.165, 1.54) is 6.26 Å². The maximum atomic E-state index is 12.7. The summed E-state index contributed by atoms with van der Waals surface area (Å²) in [6, 6.07) is 10.4. The van der Waals surface area contributed by atoms with Crippen LogP contribution in [0.3, 0.4) is 0 Å². The molecule has 0 heterocycles. The first-order valence-electron chi connectivity index (χ1n) is 9.37. The first-order chi connectivity index (χ1) is 13.0. The molecule has 0 aliphatic heterocycles. The van der Waals surface area contributed by atoms with Crippen molar-refractivity contribution in [3.8, 4) is 5.75 Å². The number of carbonyl (C=O) groups is 1. The average Bonchev–Trinajstić information content (AvgIpc) is 2.62. The summed E-state index contributed by atoms with van der Waals surface area (Å²) in [6.45, 7) is 9.69. The fraction of sp³-hybridized carbons (Fsp3) is 0.409. The Hall–Kier alpha value is -2.34. The molecule has 28 heavy (non-hydrogen) atoms. The summed E-state index contributed by atoms with van der Waals surface area (Å²) >= 11 is 0. The molecule has 0 saturated carbocycles. The first kappa shape index (κ1) is 22.0. The molecule has 2 atom stereocenters. The van der Waals surface area contributed by atoms with Crippen LogP contribution in [0.5, 0.6) is 5.75 Å². The minimum atomic E-state index is -3.24. The van der Waals surface area contributed by atoms with Gasteiger partial charge in [-0.1, -0.05) is 25.1 Å². The minimum absolute atomic E-state index is 0.211. The van der Waals surface area contributed by atoms with Gasteiger partial charge in [0.2, 0.25) is 0 Å². The summed E-state index contributed by atoms with van der Waals surface area (Å²) < 4.78 is 29.1. The average molecular weight is 404 g/mol. The number of sulfone groups is 1. The van der Waals surface area contributed by atoms with E-state index in [4.69, 9.17) is 4.74 Å². The summed E-state index contributed by atoms with van der Waals surface area (Å²) in [7, 11) is -3.24. The molecule has 6 heteroatoms. The first-order valence-corrected chi connectivity index (χ1v) is 11.3. The Balaban J connectivity index is 2.11. The third kappa shape index (κ3) is 5.35. The Morgan fingerprint density at radius 1 is 1.11 bits per heavy atom. The van der Waals surface area contributed by atoms with Crippen LogP contribution in [0, 0.1) is 20.8 Å². The molecule has 0 fully saturated rings. The summed E-state index contributed by atoms with van der Waals surface area (Å²) in [5.41, 5.74) is 4.09. The SMILES string of the molecule is CCC(NC(=O)C(C)Oc1cc(C)cc(C)c1C)c1ccc(S(C)(=O)=O)cc1. The lowest BCUT2D eigenvalue weighted by Gasteiger charge is -2.22. The molecule has 0 aliphatic carbocycles. The zero-order chi connectivity index (χ0) is 21.1. The van der Waals surface area contributed by atoms with Crippen LogP contribution in [0.15, 0.2) is 41.3 Å². The second kappa shape index (κ2) is 8.78. The van der Waals surface area contributed by atoms with E-state index in [0.717, 1.165) is 22.3 Å². The van der Waals surface area contributed by atoms with Crippen molar-refractivity contribution in [2.24, 2.45) is 0 Å². The number of hydrogen-bond acceptors (Lipinski definition) is 4. The Bertz CT molecular complexity index is 949. The lowest BCUT2D eigenvalue weighted by molar-refractivity contribution is -0.128. The molecule has 0 saturated heterocycles. The molecule has 2 unspecified atom stereocenters. The molecular formula is C22H29NO4S. The molecule has 0 radical (unpaired) electrons. The van der Waals surface area contributed by atoms with E-state index in [1.54, 1.807) is 31.2 Å². The number of benzene rings is 2. The quantitative estimate of drug-likeness (QED) is 0.757. The number of rotatable bonds is 7. The third-order valence-electron chi connectivity index (χ3n) is 4.87. The molecule has 2 aromatic rings. The van der Waals surface area contributed by atoms with Gasteiger partial charge in [0.25, 0.3) is 5.91 Å². The monoisotopic (exact) mass is 403 g/mol. The number of hydrogen-bond donors (Lipinski definition) is 1. The van der Waals surface area contributed by atoms with Crippen molar-refractivity contribution in [2.75, 3.05) is 6.26 Å². The lowest BCUT2D eigenvalue weighted by Crippen LogP contribution is -2.38. The molecule has 2 aromatic carbocycles. The zero-order valence-electron chi connectivity index (χ0n) is 17.4. The van der Waals surface area contributed by atoms with E-state index >= 15 is 0 Å². The smallest absolute Gasteiger partial charge is 0.261 e. The van der Waals surface area contributed by atoms with Crippen molar-refractivity contribution in [1.29, 1.82) is 0 Å². The highest BCUT2D eigenvalue weighted by Gasteiger charge is 2.21. The topological polar surface area (TPSA) is 72.5 Å². The predicted octanol–water partition coefficient (Wildman–Crippen LogP) is 4.05. The van der Waals surface area contributed by atoms with Crippen molar-refractivity contribution in [1.82, 2.24) is 5.32 Å². The van der Waals surface area contributed by atoms with Crippen LogP contribution in [-0.4, -0.2) is 26.7 Å². The summed E-state index contributed by atoms with van der Waals surface area (Å²) in [5.74, 6) is 0.503. The Kier molecular flexibility index (Phi) is 6.88. The number of ether oxygens (including phenoxy) is 1. The van der Waals surface area contributed by atoms with Crippen LogP contribution in [0.25, 0.3) is 0 Å². The van der Waals surface area contributed by atoms with Crippen molar-refractivity contribution < 1.29 is 17.9 Å². The van der Waals surface area contributed by atoms with Gasteiger partial charge >= 0.3 is 0 Å². The molecule has 0 bridgehead atoms. The van der Waals surface area contributed by atoms with E-state index in [9.17, 15) is 13.2 Å². The number of amides is 1. The van der Waals surface area contributed by atoms with Gasteiger partial charge in [0, 0.05) is 6.26 Å². The predicted molar refractivity (Wildman–Crippen MR) is 111 cm³/mol. The zero-order valence-corrected chi connectivity index (χ0v) is 18.2.